The first kappa shape index (κ1) is 18.3. The number of nitriles is 1. The second-order valence-corrected chi connectivity index (χ2v) is 6.56. The number of carbonyl (C=O) groups is 1. The van der Waals surface area contributed by atoms with E-state index in [1.165, 1.54) is 4.68 Å². The van der Waals surface area contributed by atoms with Crippen LogP contribution >= 0.6 is 35.0 Å². The number of rotatable bonds is 6. The van der Waals surface area contributed by atoms with Crippen molar-refractivity contribution in [3.63, 3.8) is 0 Å². The van der Waals surface area contributed by atoms with Crippen LogP contribution in [0, 0.1) is 17.2 Å². The zero-order valence-corrected chi connectivity index (χ0v) is 14.7. The zero-order valence-electron chi connectivity index (χ0n) is 12.4. The number of Topliss-reactive ketones (excluding diaryl/α,β-unsaturated/α-hetero) is 1. The maximum absolute atomic E-state index is 12.0. The van der Waals surface area contributed by atoms with Crippen LogP contribution in [0.15, 0.2) is 35.6 Å². The number of ketones is 1. The number of thioether (sulfide) groups is 1. The van der Waals surface area contributed by atoms with Crippen molar-refractivity contribution in [1.29, 1.82) is 5.26 Å². The Bertz CT molecular complexity index is 844. The second kappa shape index (κ2) is 7.68. The predicted molar refractivity (Wildman–Crippen MR) is 92.5 cm³/mol. The summed E-state index contributed by atoms with van der Waals surface area (Å²) in [5.41, 5.74) is 4.35. The molecule has 0 aliphatic carbocycles. The normalized spacial score (nSPS) is 11.8. The molecule has 1 aromatic carbocycles. The molecule has 0 amide bonds. The van der Waals surface area contributed by atoms with Crippen molar-refractivity contribution in [3.05, 3.63) is 40.5 Å². The Morgan fingerprint density at radius 2 is 2.21 bits per heavy atom. The van der Waals surface area contributed by atoms with Crippen molar-refractivity contribution in [1.82, 2.24) is 14.9 Å². The van der Waals surface area contributed by atoms with Gasteiger partial charge in [-0.15, -0.1) is 10.2 Å². The van der Waals surface area contributed by atoms with Gasteiger partial charge in [-0.1, -0.05) is 35.0 Å². The van der Waals surface area contributed by atoms with E-state index in [9.17, 15) is 4.79 Å². The van der Waals surface area contributed by atoms with Crippen LogP contribution in [0.3, 0.4) is 0 Å². The van der Waals surface area contributed by atoms with Crippen LogP contribution in [0.4, 0.5) is 0 Å². The van der Waals surface area contributed by atoms with Gasteiger partial charge in [0.25, 0.3) is 0 Å². The summed E-state index contributed by atoms with van der Waals surface area (Å²) in [5.74, 6) is 5.03. The van der Waals surface area contributed by atoms with Crippen LogP contribution in [0.25, 0.3) is 11.4 Å². The van der Waals surface area contributed by atoms with Crippen molar-refractivity contribution >= 4 is 40.7 Å². The molecule has 124 valence electrons. The van der Waals surface area contributed by atoms with E-state index in [0.29, 0.717) is 26.6 Å². The summed E-state index contributed by atoms with van der Waals surface area (Å²) in [6.07, 6.45) is 0. The number of carbonyl (C=O) groups excluding carboxylic acids is 1. The van der Waals surface area contributed by atoms with Crippen LogP contribution in [-0.4, -0.2) is 26.4 Å². The van der Waals surface area contributed by atoms with E-state index in [2.05, 4.69) is 22.5 Å². The minimum atomic E-state index is -0.947. The Morgan fingerprint density at radius 3 is 2.79 bits per heavy atom. The number of nitrogens with zero attached hydrogens (tertiary/aromatic N) is 4. The second-order valence-electron chi connectivity index (χ2n) is 4.78. The monoisotopic (exact) mass is 383 g/mol. The molecule has 24 heavy (non-hydrogen) atoms. The highest BCUT2D eigenvalue weighted by molar-refractivity contribution is 7.99. The Balaban J connectivity index is 2.18. The van der Waals surface area contributed by atoms with Crippen molar-refractivity contribution in [2.45, 2.75) is 5.16 Å². The molecule has 2 rings (SSSR count). The molecule has 0 radical (unpaired) electrons. The van der Waals surface area contributed by atoms with Gasteiger partial charge in [0.1, 0.15) is 5.70 Å². The van der Waals surface area contributed by atoms with Gasteiger partial charge in [-0.3, -0.25) is 4.79 Å². The van der Waals surface area contributed by atoms with E-state index in [0.717, 1.165) is 11.8 Å². The number of nitrogen functional groups attached to an aromatic ring is 1. The van der Waals surface area contributed by atoms with Crippen LogP contribution in [0.2, 0.25) is 10.0 Å². The average Bonchev–Trinajstić information content (AvgIpc) is 2.86. The number of hydrogen-bond acceptors (Lipinski definition) is 6. The van der Waals surface area contributed by atoms with Gasteiger partial charge in [0.15, 0.2) is 17.5 Å². The Labute approximate surface area is 152 Å². The van der Waals surface area contributed by atoms with Gasteiger partial charge < -0.3 is 11.6 Å². The molecule has 0 spiro atoms. The van der Waals surface area contributed by atoms with Crippen LogP contribution in [0.1, 0.15) is 0 Å². The minimum absolute atomic E-state index is 0.00352. The molecule has 7 nitrogen and oxygen atoms in total. The first-order valence-electron chi connectivity index (χ1n) is 6.57. The van der Waals surface area contributed by atoms with Gasteiger partial charge in [-0.05, 0) is 24.8 Å². The number of aromatic nitrogens is 3. The smallest absolute Gasteiger partial charge is 0.210 e. The molecule has 1 aromatic heterocycles. The highest BCUT2D eigenvalue weighted by Crippen LogP contribution is 2.30. The third kappa shape index (κ3) is 3.88. The third-order valence-corrected chi connectivity index (χ3v) is 4.55. The van der Waals surface area contributed by atoms with Gasteiger partial charge >= 0.3 is 0 Å². The summed E-state index contributed by atoms with van der Waals surface area (Å²) in [7, 11) is 0. The fourth-order valence-corrected chi connectivity index (χ4v) is 3.10. The van der Waals surface area contributed by atoms with Gasteiger partial charge in [0.05, 0.1) is 16.8 Å². The first-order valence-corrected chi connectivity index (χ1v) is 8.31. The number of benzene rings is 1. The molecule has 0 fully saturated rings. The fraction of sp³-hybridized carbons (Fsp3) is 0.143. The largest absolute Gasteiger partial charge is 0.335 e. The average molecular weight is 384 g/mol. The van der Waals surface area contributed by atoms with Gasteiger partial charge in [-0.2, -0.15) is 5.26 Å². The molecule has 0 saturated carbocycles. The van der Waals surface area contributed by atoms with Crippen molar-refractivity contribution in [3.8, 4) is 17.5 Å². The van der Waals surface area contributed by atoms with E-state index in [1.807, 2.05) is 6.07 Å². The number of hydrogen-bond donors (Lipinski definition) is 2. The van der Waals surface area contributed by atoms with Gasteiger partial charge in [0, 0.05) is 10.6 Å². The number of nitrogens with two attached hydrogens (primary N) is 1. The van der Waals surface area contributed by atoms with E-state index in [1.54, 1.807) is 18.2 Å². The minimum Gasteiger partial charge on any atom is -0.335 e. The zero-order chi connectivity index (χ0) is 17.9. The van der Waals surface area contributed by atoms with E-state index in [4.69, 9.17) is 34.3 Å². The van der Waals surface area contributed by atoms with Crippen LogP contribution < -0.4 is 11.6 Å². The van der Waals surface area contributed by atoms with Gasteiger partial charge in [-0.25, -0.2) is 4.68 Å². The lowest BCUT2D eigenvalue weighted by molar-refractivity contribution is -0.309. The molecule has 1 atom stereocenters. The molecule has 5 N–H and O–H groups in total. The van der Waals surface area contributed by atoms with E-state index >= 15 is 0 Å². The maximum Gasteiger partial charge on any atom is 0.210 e. The highest BCUT2D eigenvalue weighted by Gasteiger charge is 2.23. The lowest BCUT2D eigenvalue weighted by Gasteiger charge is -2.06. The van der Waals surface area contributed by atoms with Crippen molar-refractivity contribution < 1.29 is 10.5 Å². The standard InChI is InChI=1S/C14H12Cl2N6OS/c1-7(18)10(5-17)12(23)6-24-14-21-20-13(22(14)19)9-3-2-8(15)4-11(9)16/h2-4,10H,1,6,18-19H2/p+1/t10-/m0/s1. The predicted octanol–water partition coefficient (Wildman–Crippen LogP) is 1.52. The summed E-state index contributed by atoms with van der Waals surface area (Å²) in [4.78, 5) is 12.0. The maximum atomic E-state index is 12.0. The fourth-order valence-electron chi connectivity index (χ4n) is 1.84. The number of allylic oxidation sites excluding steroid dienone is 1. The Morgan fingerprint density at radius 1 is 1.50 bits per heavy atom. The summed E-state index contributed by atoms with van der Waals surface area (Å²) in [5, 5.41) is 18.1. The topological polar surface area (TPSA) is 125 Å². The molecule has 2 aromatic rings. The molecular formula is C14H13Cl2N6OS+. The van der Waals surface area contributed by atoms with Crippen molar-refractivity contribution in [2.24, 2.45) is 5.92 Å². The summed E-state index contributed by atoms with van der Waals surface area (Å²) in [6.45, 7) is 3.53. The summed E-state index contributed by atoms with van der Waals surface area (Å²) >= 11 is 13.1. The number of quaternary nitrogens is 1. The van der Waals surface area contributed by atoms with Crippen LogP contribution in [-0.2, 0) is 4.79 Å². The quantitative estimate of drug-likeness (QED) is 0.575. The molecule has 10 heteroatoms. The van der Waals surface area contributed by atoms with E-state index < -0.39 is 5.92 Å². The highest BCUT2D eigenvalue weighted by atomic mass is 35.5. The molecule has 0 aliphatic rings. The lowest BCUT2D eigenvalue weighted by atomic mass is 10.1. The van der Waals surface area contributed by atoms with E-state index in [-0.39, 0.29) is 17.2 Å². The molecule has 0 unspecified atom stereocenters. The number of halogens is 2. The summed E-state index contributed by atoms with van der Waals surface area (Å²) < 4.78 is 1.23. The third-order valence-electron chi connectivity index (χ3n) is 3.04. The molecular weight excluding hydrogens is 371 g/mol. The molecule has 0 bridgehead atoms. The SMILES string of the molecule is C=C([NH3+])[C@H](C#N)C(=O)CSc1nnc(-c2ccc(Cl)cc2Cl)n1N. The molecule has 1 heterocycles. The van der Waals surface area contributed by atoms with Crippen molar-refractivity contribution in [2.75, 3.05) is 11.6 Å². The lowest BCUT2D eigenvalue weighted by Crippen LogP contribution is -2.51. The van der Waals surface area contributed by atoms with Gasteiger partial charge in [0.2, 0.25) is 5.16 Å². The summed E-state index contributed by atoms with van der Waals surface area (Å²) in [6, 6.07) is 6.77. The molecule has 0 saturated heterocycles. The Kier molecular flexibility index (Phi) is 5.85. The first-order chi connectivity index (χ1) is 11.3. The van der Waals surface area contributed by atoms with Crippen LogP contribution in [0.5, 0.6) is 0 Å². The molecule has 0 aliphatic heterocycles. The Hall–Kier alpha value is -2.05.